The molecule has 0 saturated carbocycles. The van der Waals surface area contributed by atoms with E-state index in [-0.39, 0.29) is 24.4 Å². The predicted molar refractivity (Wildman–Crippen MR) is 68.8 cm³/mol. The number of hydrogen-bond acceptors (Lipinski definition) is 4. The molecule has 1 aromatic rings. The number of carbonyl (C=O) groups is 1. The van der Waals surface area contributed by atoms with Crippen molar-refractivity contribution in [2.24, 2.45) is 5.73 Å². The lowest BCUT2D eigenvalue weighted by Crippen LogP contribution is -2.39. The first-order valence-corrected chi connectivity index (χ1v) is 5.59. The molecule has 1 atom stereocenters. The lowest BCUT2D eigenvalue weighted by molar-refractivity contribution is -0.122. The zero-order valence-corrected chi connectivity index (χ0v) is 10.7. The summed E-state index contributed by atoms with van der Waals surface area (Å²) in [6, 6.07) is 5.36. The molecule has 0 unspecified atom stereocenters. The van der Waals surface area contributed by atoms with Gasteiger partial charge in [0.25, 0.3) is 0 Å². The molecule has 1 aromatic heterocycles. The summed E-state index contributed by atoms with van der Waals surface area (Å²) in [6.45, 7) is 1.54. The molecule has 0 bridgehead atoms. The summed E-state index contributed by atoms with van der Waals surface area (Å²) in [5.74, 6) is -0.260. The Bertz CT molecular complexity index is 454. The third kappa shape index (κ3) is 3.19. The number of nitrogens with two attached hydrogens (primary N) is 1. The number of aromatic nitrogens is 1. The van der Waals surface area contributed by atoms with Gasteiger partial charge in [0.1, 0.15) is 11.8 Å². The smallest absolute Gasteiger partial charge is 0.234 e. The average molecular weight is 267 g/mol. The molecule has 1 amide bonds. The normalized spacial score (nSPS) is 18.9. The van der Waals surface area contributed by atoms with E-state index in [9.17, 15) is 4.79 Å². The SMILES string of the molecule is Cl.N#Cc1ccc(CN2CCC[C@H]2C(N)=O)cn1. The minimum atomic E-state index is -0.260. The number of hydrogen-bond donors (Lipinski definition) is 1. The van der Waals surface area contributed by atoms with Crippen LogP contribution in [0.15, 0.2) is 18.3 Å². The molecule has 0 aliphatic carbocycles. The predicted octanol–water partition coefficient (Wildman–Crippen LogP) is 0.825. The van der Waals surface area contributed by atoms with Gasteiger partial charge in [-0.1, -0.05) is 6.07 Å². The third-order valence-corrected chi connectivity index (χ3v) is 3.02. The summed E-state index contributed by atoms with van der Waals surface area (Å²) in [7, 11) is 0. The van der Waals surface area contributed by atoms with Crippen molar-refractivity contribution in [3.05, 3.63) is 29.6 Å². The molecule has 0 aromatic carbocycles. The van der Waals surface area contributed by atoms with E-state index in [1.807, 2.05) is 12.1 Å². The van der Waals surface area contributed by atoms with Gasteiger partial charge in [0.05, 0.1) is 6.04 Å². The third-order valence-electron chi connectivity index (χ3n) is 3.02. The van der Waals surface area contributed by atoms with Gasteiger partial charge in [-0.3, -0.25) is 9.69 Å². The van der Waals surface area contributed by atoms with E-state index in [1.54, 1.807) is 12.3 Å². The Kier molecular flexibility index (Phi) is 5.08. The van der Waals surface area contributed by atoms with Crippen LogP contribution in [-0.4, -0.2) is 28.4 Å². The second-order valence-electron chi connectivity index (χ2n) is 4.19. The van der Waals surface area contributed by atoms with Gasteiger partial charge in [-0.2, -0.15) is 5.26 Å². The second-order valence-corrected chi connectivity index (χ2v) is 4.19. The van der Waals surface area contributed by atoms with Crippen LogP contribution < -0.4 is 5.73 Å². The Morgan fingerprint density at radius 2 is 2.39 bits per heavy atom. The number of primary amides is 1. The van der Waals surface area contributed by atoms with Crippen LogP contribution in [0.2, 0.25) is 0 Å². The Balaban J connectivity index is 0.00000162. The van der Waals surface area contributed by atoms with Gasteiger partial charge in [-0.25, -0.2) is 4.98 Å². The highest BCUT2D eigenvalue weighted by Gasteiger charge is 2.28. The average Bonchev–Trinajstić information content (AvgIpc) is 2.78. The van der Waals surface area contributed by atoms with Crippen molar-refractivity contribution in [1.82, 2.24) is 9.88 Å². The highest BCUT2D eigenvalue weighted by atomic mass is 35.5. The van der Waals surface area contributed by atoms with E-state index in [2.05, 4.69) is 9.88 Å². The molecule has 1 fully saturated rings. The Hall–Kier alpha value is -1.64. The minimum Gasteiger partial charge on any atom is -0.368 e. The number of nitriles is 1. The summed E-state index contributed by atoms with van der Waals surface area (Å²) >= 11 is 0. The zero-order chi connectivity index (χ0) is 12.3. The van der Waals surface area contributed by atoms with Crippen molar-refractivity contribution < 1.29 is 4.79 Å². The maximum atomic E-state index is 11.2. The molecule has 0 spiro atoms. The molecule has 0 radical (unpaired) electrons. The Labute approximate surface area is 112 Å². The summed E-state index contributed by atoms with van der Waals surface area (Å²) in [5, 5.41) is 8.64. The summed E-state index contributed by atoms with van der Waals surface area (Å²) < 4.78 is 0. The van der Waals surface area contributed by atoms with Gasteiger partial charge in [-0.05, 0) is 31.0 Å². The monoisotopic (exact) mass is 266 g/mol. The molecule has 5 nitrogen and oxygen atoms in total. The van der Waals surface area contributed by atoms with Crippen LogP contribution in [0.25, 0.3) is 0 Å². The van der Waals surface area contributed by atoms with E-state index >= 15 is 0 Å². The van der Waals surface area contributed by atoms with E-state index in [0.717, 1.165) is 24.9 Å². The van der Waals surface area contributed by atoms with Crippen molar-refractivity contribution in [2.75, 3.05) is 6.54 Å². The highest BCUT2D eigenvalue weighted by Crippen LogP contribution is 2.19. The van der Waals surface area contributed by atoms with Gasteiger partial charge in [0.2, 0.25) is 5.91 Å². The highest BCUT2D eigenvalue weighted by molar-refractivity contribution is 5.85. The van der Waals surface area contributed by atoms with E-state index in [0.29, 0.717) is 12.2 Å². The van der Waals surface area contributed by atoms with Crippen molar-refractivity contribution in [3.8, 4) is 6.07 Å². The molecular formula is C12H15ClN4O. The number of pyridine rings is 1. The molecule has 2 rings (SSSR count). The van der Waals surface area contributed by atoms with Gasteiger partial charge in [0.15, 0.2) is 0 Å². The Morgan fingerprint density at radius 1 is 1.61 bits per heavy atom. The maximum absolute atomic E-state index is 11.2. The fourth-order valence-electron chi connectivity index (χ4n) is 2.16. The summed E-state index contributed by atoms with van der Waals surface area (Å²) in [5.41, 5.74) is 6.75. The molecular weight excluding hydrogens is 252 g/mol. The van der Waals surface area contributed by atoms with Crippen molar-refractivity contribution in [2.45, 2.75) is 25.4 Å². The van der Waals surface area contributed by atoms with Crippen molar-refractivity contribution in [3.63, 3.8) is 0 Å². The van der Waals surface area contributed by atoms with Crippen LogP contribution in [0.3, 0.4) is 0 Å². The fraction of sp³-hybridized carbons (Fsp3) is 0.417. The molecule has 18 heavy (non-hydrogen) atoms. The fourth-order valence-corrected chi connectivity index (χ4v) is 2.16. The van der Waals surface area contributed by atoms with E-state index in [4.69, 9.17) is 11.0 Å². The molecule has 1 saturated heterocycles. The van der Waals surface area contributed by atoms with Crippen molar-refractivity contribution in [1.29, 1.82) is 5.26 Å². The second kappa shape index (κ2) is 6.34. The van der Waals surface area contributed by atoms with Gasteiger partial charge < -0.3 is 5.73 Å². The standard InChI is InChI=1S/C12H14N4O.ClH/c13-6-10-4-3-9(7-15-10)8-16-5-1-2-11(16)12(14)17;/h3-4,7,11H,1-2,5,8H2,(H2,14,17);1H/t11-;/m0./s1. The van der Waals surface area contributed by atoms with Gasteiger partial charge >= 0.3 is 0 Å². The van der Waals surface area contributed by atoms with Crippen LogP contribution in [0.1, 0.15) is 24.1 Å². The van der Waals surface area contributed by atoms with Crippen LogP contribution in [0.4, 0.5) is 0 Å². The number of nitrogens with zero attached hydrogens (tertiary/aromatic N) is 3. The molecule has 6 heteroatoms. The van der Waals surface area contributed by atoms with Gasteiger partial charge in [-0.15, -0.1) is 12.4 Å². The maximum Gasteiger partial charge on any atom is 0.234 e. The summed E-state index contributed by atoms with van der Waals surface area (Å²) in [6.07, 6.45) is 3.51. The summed E-state index contributed by atoms with van der Waals surface area (Å²) in [4.78, 5) is 17.3. The van der Waals surface area contributed by atoms with Gasteiger partial charge in [0, 0.05) is 12.7 Å². The lowest BCUT2D eigenvalue weighted by atomic mass is 10.2. The molecule has 2 N–H and O–H groups in total. The van der Waals surface area contributed by atoms with Crippen LogP contribution in [0.5, 0.6) is 0 Å². The number of amides is 1. The molecule has 1 aliphatic heterocycles. The Morgan fingerprint density at radius 3 is 2.94 bits per heavy atom. The lowest BCUT2D eigenvalue weighted by Gasteiger charge is -2.21. The number of likely N-dealkylation sites (tertiary alicyclic amines) is 1. The molecule has 1 aliphatic rings. The number of halogens is 1. The van der Waals surface area contributed by atoms with Crippen LogP contribution >= 0.6 is 12.4 Å². The first kappa shape index (κ1) is 14.4. The minimum absolute atomic E-state index is 0. The van der Waals surface area contributed by atoms with E-state index < -0.39 is 0 Å². The van der Waals surface area contributed by atoms with Crippen LogP contribution in [-0.2, 0) is 11.3 Å². The topological polar surface area (TPSA) is 83.0 Å². The first-order valence-electron chi connectivity index (χ1n) is 5.59. The molecule has 2 heterocycles. The molecule has 96 valence electrons. The van der Waals surface area contributed by atoms with E-state index in [1.165, 1.54) is 0 Å². The number of carbonyl (C=O) groups excluding carboxylic acids is 1. The number of rotatable bonds is 3. The largest absolute Gasteiger partial charge is 0.368 e. The first-order chi connectivity index (χ1) is 8.20. The van der Waals surface area contributed by atoms with Crippen LogP contribution in [0, 0.1) is 11.3 Å². The zero-order valence-electron chi connectivity index (χ0n) is 9.87. The van der Waals surface area contributed by atoms with Crippen molar-refractivity contribution >= 4 is 18.3 Å². The quantitative estimate of drug-likeness (QED) is 0.878.